The van der Waals surface area contributed by atoms with E-state index >= 15 is 0 Å². The molecule has 0 aliphatic carbocycles. The van der Waals surface area contributed by atoms with Crippen LogP contribution in [0.1, 0.15) is 23.6 Å². The van der Waals surface area contributed by atoms with Gasteiger partial charge in [0.15, 0.2) is 11.5 Å². The van der Waals surface area contributed by atoms with E-state index in [4.69, 9.17) is 21.1 Å². The van der Waals surface area contributed by atoms with E-state index in [-0.39, 0.29) is 17.9 Å². The van der Waals surface area contributed by atoms with Crippen molar-refractivity contribution in [3.05, 3.63) is 96.5 Å². The van der Waals surface area contributed by atoms with Crippen molar-refractivity contribution in [2.45, 2.75) is 20.5 Å². The molecule has 36 heavy (non-hydrogen) atoms. The fourth-order valence-electron chi connectivity index (χ4n) is 3.13. The number of nitro benzene ring substituents is 1. The van der Waals surface area contributed by atoms with Gasteiger partial charge in [0.1, 0.15) is 18.2 Å². The number of carbonyl (C=O) groups is 1. The number of rotatable bonds is 9. The van der Waals surface area contributed by atoms with Gasteiger partial charge in [-0.2, -0.15) is 5.26 Å². The SMILES string of the molecule is CCOc1cc(/C=C(/C#N)C(=O)Nc2ccc(C)c(Cl)c2)cc(Br)c1OCc1ccc([N+](=O)[O-])cc1. The van der Waals surface area contributed by atoms with Crippen molar-refractivity contribution in [3.63, 3.8) is 0 Å². The minimum atomic E-state index is -0.579. The molecule has 0 saturated heterocycles. The molecular weight excluding hydrogens is 550 g/mol. The number of nitro groups is 1. The number of benzene rings is 3. The Morgan fingerprint density at radius 2 is 1.92 bits per heavy atom. The van der Waals surface area contributed by atoms with E-state index in [1.165, 1.54) is 18.2 Å². The maximum Gasteiger partial charge on any atom is 0.269 e. The van der Waals surface area contributed by atoms with Crippen LogP contribution in [0.5, 0.6) is 11.5 Å². The van der Waals surface area contributed by atoms with E-state index in [0.717, 1.165) is 11.1 Å². The molecule has 1 N–H and O–H groups in total. The molecule has 0 radical (unpaired) electrons. The number of ether oxygens (including phenoxy) is 2. The lowest BCUT2D eigenvalue weighted by molar-refractivity contribution is -0.384. The lowest BCUT2D eigenvalue weighted by Crippen LogP contribution is -2.13. The third-order valence-corrected chi connectivity index (χ3v) is 5.96. The number of nitrogens with zero attached hydrogens (tertiary/aromatic N) is 2. The van der Waals surface area contributed by atoms with Crippen LogP contribution < -0.4 is 14.8 Å². The van der Waals surface area contributed by atoms with Gasteiger partial charge in [0.2, 0.25) is 0 Å². The highest BCUT2D eigenvalue weighted by Crippen LogP contribution is 2.38. The minimum absolute atomic E-state index is 0.00566. The number of nitriles is 1. The fraction of sp³-hybridized carbons (Fsp3) is 0.154. The first-order valence-electron chi connectivity index (χ1n) is 10.7. The Hall–Kier alpha value is -3.87. The van der Waals surface area contributed by atoms with Crippen LogP contribution in [0.25, 0.3) is 6.08 Å². The second-order valence-electron chi connectivity index (χ2n) is 7.56. The lowest BCUT2D eigenvalue weighted by atomic mass is 10.1. The van der Waals surface area contributed by atoms with E-state index in [1.807, 2.05) is 19.9 Å². The van der Waals surface area contributed by atoms with Crippen molar-refractivity contribution < 1.29 is 19.2 Å². The largest absolute Gasteiger partial charge is 0.490 e. The molecule has 3 aromatic carbocycles. The number of amides is 1. The molecule has 0 aliphatic heterocycles. The molecule has 0 bridgehead atoms. The lowest BCUT2D eigenvalue weighted by Gasteiger charge is -2.15. The monoisotopic (exact) mass is 569 g/mol. The molecule has 3 rings (SSSR count). The Kier molecular flexibility index (Phi) is 9.06. The third kappa shape index (κ3) is 6.84. The summed E-state index contributed by atoms with van der Waals surface area (Å²) < 4.78 is 12.2. The van der Waals surface area contributed by atoms with Crippen LogP contribution in [0.2, 0.25) is 5.02 Å². The summed E-state index contributed by atoms with van der Waals surface area (Å²) in [6, 6.07) is 16.4. The van der Waals surface area contributed by atoms with Gasteiger partial charge in [-0.15, -0.1) is 0 Å². The van der Waals surface area contributed by atoms with Crippen molar-refractivity contribution in [2.75, 3.05) is 11.9 Å². The highest BCUT2D eigenvalue weighted by atomic mass is 79.9. The van der Waals surface area contributed by atoms with Crippen molar-refractivity contribution >= 4 is 50.9 Å². The Morgan fingerprint density at radius 1 is 1.19 bits per heavy atom. The topological polar surface area (TPSA) is 114 Å². The number of non-ortho nitro benzene ring substituents is 1. The zero-order chi connectivity index (χ0) is 26.2. The molecule has 0 heterocycles. The first-order chi connectivity index (χ1) is 17.2. The second kappa shape index (κ2) is 12.2. The molecule has 0 spiro atoms. The van der Waals surface area contributed by atoms with E-state index in [9.17, 15) is 20.2 Å². The summed E-state index contributed by atoms with van der Waals surface area (Å²) in [6.07, 6.45) is 1.44. The number of aryl methyl sites for hydroxylation is 1. The molecule has 0 atom stereocenters. The van der Waals surface area contributed by atoms with Crippen molar-refractivity contribution in [2.24, 2.45) is 0 Å². The molecule has 0 fully saturated rings. The van der Waals surface area contributed by atoms with Gasteiger partial charge in [-0.05, 0) is 88.9 Å². The number of nitrogens with one attached hydrogen (secondary N) is 1. The fourth-order valence-corrected chi connectivity index (χ4v) is 3.88. The van der Waals surface area contributed by atoms with Crippen LogP contribution in [0, 0.1) is 28.4 Å². The molecule has 3 aromatic rings. The molecule has 8 nitrogen and oxygen atoms in total. The number of anilines is 1. The molecule has 0 aliphatic rings. The Bertz CT molecular complexity index is 1370. The molecule has 0 aromatic heterocycles. The van der Waals surface area contributed by atoms with Gasteiger partial charge in [-0.3, -0.25) is 14.9 Å². The standard InChI is InChI=1S/C26H21BrClN3O5/c1-3-35-24-12-18(10-19(14-29)26(32)30-20-7-4-16(2)23(28)13-20)11-22(27)25(24)36-15-17-5-8-21(9-6-17)31(33)34/h4-13H,3,15H2,1-2H3,(H,30,32)/b19-10-. The minimum Gasteiger partial charge on any atom is -0.490 e. The zero-order valence-corrected chi connectivity index (χ0v) is 21.7. The molecule has 1 amide bonds. The van der Waals surface area contributed by atoms with Crippen LogP contribution in [0.3, 0.4) is 0 Å². The molecular formula is C26H21BrClN3O5. The maximum atomic E-state index is 12.7. The second-order valence-corrected chi connectivity index (χ2v) is 8.82. The van der Waals surface area contributed by atoms with Crippen LogP contribution >= 0.6 is 27.5 Å². The average Bonchev–Trinajstić information content (AvgIpc) is 2.84. The summed E-state index contributed by atoms with van der Waals surface area (Å²) in [7, 11) is 0. The van der Waals surface area contributed by atoms with Crippen molar-refractivity contribution in [3.8, 4) is 17.6 Å². The van der Waals surface area contributed by atoms with E-state index in [0.29, 0.717) is 38.9 Å². The average molecular weight is 571 g/mol. The van der Waals surface area contributed by atoms with Gasteiger partial charge in [-0.25, -0.2) is 0 Å². The predicted molar refractivity (Wildman–Crippen MR) is 141 cm³/mol. The highest BCUT2D eigenvalue weighted by molar-refractivity contribution is 9.10. The summed E-state index contributed by atoms with van der Waals surface area (Å²) in [4.78, 5) is 23.1. The predicted octanol–water partition coefficient (Wildman–Crippen LogP) is 6.84. The first kappa shape index (κ1) is 26.7. The number of carbonyl (C=O) groups excluding carboxylic acids is 1. The Labute approximate surface area is 221 Å². The zero-order valence-electron chi connectivity index (χ0n) is 19.4. The Morgan fingerprint density at radius 3 is 2.53 bits per heavy atom. The van der Waals surface area contributed by atoms with Gasteiger partial charge in [0, 0.05) is 22.8 Å². The van der Waals surface area contributed by atoms with E-state index in [1.54, 1.807) is 42.5 Å². The van der Waals surface area contributed by atoms with Gasteiger partial charge in [-0.1, -0.05) is 17.7 Å². The molecule has 10 heteroatoms. The first-order valence-corrected chi connectivity index (χ1v) is 11.9. The van der Waals surface area contributed by atoms with Gasteiger partial charge < -0.3 is 14.8 Å². The van der Waals surface area contributed by atoms with Crippen molar-refractivity contribution in [1.82, 2.24) is 0 Å². The number of hydrogen-bond acceptors (Lipinski definition) is 6. The molecule has 0 saturated carbocycles. The van der Waals surface area contributed by atoms with Gasteiger partial charge in [0.25, 0.3) is 11.6 Å². The summed E-state index contributed by atoms with van der Waals surface area (Å²) in [5, 5.41) is 23.6. The van der Waals surface area contributed by atoms with Gasteiger partial charge >= 0.3 is 0 Å². The quantitative estimate of drug-likeness (QED) is 0.130. The van der Waals surface area contributed by atoms with Gasteiger partial charge in [0.05, 0.1) is 16.0 Å². The van der Waals surface area contributed by atoms with Crippen molar-refractivity contribution in [1.29, 1.82) is 5.26 Å². The number of hydrogen-bond donors (Lipinski definition) is 1. The summed E-state index contributed by atoms with van der Waals surface area (Å²) in [5.41, 5.74) is 2.51. The van der Waals surface area contributed by atoms with Crippen LogP contribution in [0.15, 0.2) is 64.6 Å². The third-order valence-electron chi connectivity index (χ3n) is 4.97. The summed E-state index contributed by atoms with van der Waals surface area (Å²) >= 11 is 9.58. The normalized spacial score (nSPS) is 10.9. The number of halogens is 2. The maximum absolute atomic E-state index is 12.7. The summed E-state index contributed by atoms with van der Waals surface area (Å²) in [6.45, 7) is 4.17. The Balaban J connectivity index is 1.82. The molecule has 184 valence electrons. The van der Waals surface area contributed by atoms with Crippen LogP contribution in [-0.4, -0.2) is 17.4 Å². The van der Waals surface area contributed by atoms with E-state index in [2.05, 4.69) is 21.2 Å². The molecule has 0 unspecified atom stereocenters. The smallest absolute Gasteiger partial charge is 0.269 e. The van der Waals surface area contributed by atoms with Crippen LogP contribution in [-0.2, 0) is 11.4 Å². The summed E-state index contributed by atoms with van der Waals surface area (Å²) in [5.74, 6) is 0.248. The highest BCUT2D eigenvalue weighted by Gasteiger charge is 2.15. The van der Waals surface area contributed by atoms with E-state index < -0.39 is 10.8 Å². The van der Waals surface area contributed by atoms with Crippen LogP contribution in [0.4, 0.5) is 11.4 Å².